The summed E-state index contributed by atoms with van der Waals surface area (Å²) in [5.41, 5.74) is 0. The van der Waals surface area contributed by atoms with Crippen LogP contribution >= 0.6 is 24.4 Å². The van der Waals surface area contributed by atoms with E-state index in [2.05, 4.69) is 17.9 Å². The van der Waals surface area contributed by atoms with Crippen LogP contribution in [0.4, 0.5) is 0 Å². The second-order valence-corrected chi connectivity index (χ2v) is 5.41. The molecule has 0 bridgehead atoms. The van der Waals surface area contributed by atoms with Crippen LogP contribution in [0.25, 0.3) is 0 Å². The number of thiol groups is 1. The number of rotatable bonds is 3. The number of hydrogen-bond acceptors (Lipinski definition) is 4. The molecular weight excluding hydrogens is 244 g/mol. The second-order valence-electron chi connectivity index (χ2n) is 3.89. The molecule has 0 aromatic carbocycles. The second kappa shape index (κ2) is 6.39. The van der Waals surface area contributed by atoms with Gasteiger partial charge >= 0.3 is 0 Å². The lowest BCUT2D eigenvalue weighted by Gasteiger charge is -2.35. The summed E-state index contributed by atoms with van der Waals surface area (Å²) in [4.78, 5) is 24.9. The van der Waals surface area contributed by atoms with Gasteiger partial charge in [0.15, 0.2) is 0 Å². The number of carbonyl (C=O) groups excluding carboxylic acids is 2. The molecule has 0 aliphatic carbocycles. The van der Waals surface area contributed by atoms with Crippen LogP contribution in [0.2, 0.25) is 0 Å². The van der Waals surface area contributed by atoms with Crippen molar-refractivity contribution in [1.82, 2.24) is 10.2 Å². The molecule has 1 N–H and O–H groups in total. The van der Waals surface area contributed by atoms with Crippen molar-refractivity contribution in [2.75, 3.05) is 23.8 Å². The van der Waals surface area contributed by atoms with Crippen molar-refractivity contribution >= 4 is 36.2 Å². The maximum atomic E-state index is 12.1. The van der Waals surface area contributed by atoms with E-state index in [9.17, 15) is 9.59 Å². The topological polar surface area (TPSA) is 49.4 Å². The van der Waals surface area contributed by atoms with Crippen molar-refractivity contribution in [2.24, 2.45) is 0 Å². The molecule has 4 nitrogen and oxygen atoms in total. The first-order chi connectivity index (χ1) is 7.56. The van der Waals surface area contributed by atoms with E-state index in [1.165, 1.54) is 6.92 Å². The van der Waals surface area contributed by atoms with Gasteiger partial charge in [-0.2, -0.15) is 24.4 Å². The zero-order valence-corrected chi connectivity index (χ0v) is 11.3. The Hall–Kier alpha value is -0.360. The maximum absolute atomic E-state index is 12.1. The van der Waals surface area contributed by atoms with Gasteiger partial charge in [-0.15, -0.1) is 0 Å². The van der Waals surface area contributed by atoms with Gasteiger partial charge in [0.25, 0.3) is 0 Å². The zero-order chi connectivity index (χ0) is 12.1. The Morgan fingerprint density at radius 1 is 1.62 bits per heavy atom. The molecule has 2 amide bonds. The van der Waals surface area contributed by atoms with Gasteiger partial charge in [-0.3, -0.25) is 9.59 Å². The van der Waals surface area contributed by atoms with E-state index in [1.807, 2.05) is 23.6 Å². The van der Waals surface area contributed by atoms with Gasteiger partial charge in [0.05, 0.1) is 0 Å². The number of carbonyl (C=O) groups is 2. The van der Waals surface area contributed by atoms with Crippen LogP contribution in [0, 0.1) is 0 Å². The van der Waals surface area contributed by atoms with E-state index in [4.69, 9.17) is 0 Å². The van der Waals surface area contributed by atoms with Crippen LogP contribution in [-0.2, 0) is 9.59 Å². The standard InChI is InChI=1S/C10H18N2O2S2/c1-7-6-16-4-3-12(7)10(14)9(5-15)11-8(2)13/h7,9,15H,3-6H2,1-2H3,(H,11,13). The average Bonchev–Trinajstić information content (AvgIpc) is 2.25. The zero-order valence-electron chi connectivity index (χ0n) is 9.60. The molecule has 92 valence electrons. The Balaban J connectivity index is 2.62. The highest BCUT2D eigenvalue weighted by Gasteiger charge is 2.29. The first kappa shape index (κ1) is 13.7. The predicted octanol–water partition coefficient (Wildman–Crippen LogP) is 0.385. The molecule has 1 heterocycles. The molecule has 2 atom stereocenters. The fourth-order valence-corrected chi connectivity index (χ4v) is 2.95. The lowest BCUT2D eigenvalue weighted by atomic mass is 10.2. The quantitative estimate of drug-likeness (QED) is 0.723. The highest BCUT2D eigenvalue weighted by atomic mass is 32.2. The molecule has 1 fully saturated rings. The molecule has 1 aliphatic heterocycles. The monoisotopic (exact) mass is 262 g/mol. The Morgan fingerprint density at radius 3 is 2.81 bits per heavy atom. The fraction of sp³-hybridized carbons (Fsp3) is 0.800. The minimum Gasteiger partial charge on any atom is -0.344 e. The third-order valence-corrected chi connectivity index (χ3v) is 4.06. The summed E-state index contributed by atoms with van der Waals surface area (Å²) in [6.07, 6.45) is 0. The first-order valence-corrected chi connectivity index (χ1v) is 7.11. The summed E-state index contributed by atoms with van der Waals surface area (Å²) in [6, 6.07) is -0.256. The van der Waals surface area contributed by atoms with Crippen molar-refractivity contribution in [3.8, 4) is 0 Å². The summed E-state index contributed by atoms with van der Waals surface area (Å²) in [5.74, 6) is 2.07. The molecule has 2 unspecified atom stereocenters. The number of nitrogens with one attached hydrogen (secondary N) is 1. The van der Waals surface area contributed by atoms with Crippen LogP contribution in [0.15, 0.2) is 0 Å². The predicted molar refractivity (Wildman–Crippen MR) is 70.0 cm³/mol. The van der Waals surface area contributed by atoms with E-state index in [0.717, 1.165) is 18.1 Å². The van der Waals surface area contributed by atoms with Gasteiger partial charge in [0, 0.05) is 36.8 Å². The summed E-state index contributed by atoms with van der Waals surface area (Å²) in [6.45, 7) is 4.21. The van der Waals surface area contributed by atoms with Gasteiger partial charge < -0.3 is 10.2 Å². The van der Waals surface area contributed by atoms with Crippen molar-refractivity contribution < 1.29 is 9.59 Å². The van der Waals surface area contributed by atoms with Gasteiger partial charge in [0.1, 0.15) is 6.04 Å². The normalized spacial score (nSPS) is 22.7. The molecule has 0 aromatic rings. The lowest BCUT2D eigenvalue weighted by molar-refractivity contribution is -0.136. The number of amides is 2. The molecule has 16 heavy (non-hydrogen) atoms. The van der Waals surface area contributed by atoms with E-state index in [1.54, 1.807) is 0 Å². The molecule has 1 aliphatic rings. The molecule has 1 rings (SSSR count). The molecule has 0 aromatic heterocycles. The highest BCUT2D eigenvalue weighted by molar-refractivity contribution is 7.99. The van der Waals surface area contributed by atoms with Crippen molar-refractivity contribution in [2.45, 2.75) is 25.9 Å². The maximum Gasteiger partial charge on any atom is 0.246 e. The van der Waals surface area contributed by atoms with Gasteiger partial charge in [0.2, 0.25) is 11.8 Å². The Labute approximate surface area is 106 Å². The summed E-state index contributed by atoms with van der Waals surface area (Å²) in [7, 11) is 0. The van der Waals surface area contributed by atoms with Crippen molar-refractivity contribution in [3.63, 3.8) is 0 Å². The third-order valence-electron chi connectivity index (χ3n) is 2.51. The van der Waals surface area contributed by atoms with Crippen molar-refractivity contribution in [3.05, 3.63) is 0 Å². The summed E-state index contributed by atoms with van der Waals surface area (Å²) in [5, 5.41) is 2.63. The number of nitrogens with zero attached hydrogens (tertiary/aromatic N) is 1. The van der Waals surface area contributed by atoms with Gasteiger partial charge in [-0.25, -0.2) is 0 Å². The SMILES string of the molecule is CC(=O)NC(CS)C(=O)N1CCSCC1C. The molecule has 0 saturated carbocycles. The number of thioether (sulfide) groups is 1. The van der Waals surface area contributed by atoms with Crippen LogP contribution < -0.4 is 5.32 Å². The van der Waals surface area contributed by atoms with E-state index in [-0.39, 0.29) is 17.9 Å². The van der Waals surface area contributed by atoms with E-state index in [0.29, 0.717) is 5.75 Å². The van der Waals surface area contributed by atoms with Crippen LogP contribution in [0.3, 0.4) is 0 Å². The minimum absolute atomic E-state index is 0.0157. The molecule has 0 radical (unpaired) electrons. The first-order valence-electron chi connectivity index (χ1n) is 5.32. The lowest BCUT2D eigenvalue weighted by Crippen LogP contribution is -2.54. The largest absolute Gasteiger partial charge is 0.344 e. The Morgan fingerprint density at radius 2 is 2.31 bits per heavy atom. The van der Waals surface area contributed by atoms with E-state index >= 15 is 0 Å². The van der Waals surface area contributed by atoms with Crippen LogP contribution in [0.5, 0.6) is 0 Å². The average molecular weight is 262 g/mol. The Kier molecular flexibility index (Phi) is 5.48. The van der Waals surface area contributed by atoms with Gasteiger partial charge in [-0.1, -0.05) is 0 Å². The Bertz CT molecular complexity index is 274. The van der Waals surface area contributed by atoms with E-state index < -0.39 is 6.04 Å². The van der Waals surface area contributed by atoms with Crippen LogP contribution in [-0.4, -0.2) is 52.6 Å². The van der Waals surface area contributed by atoms with Crippen molar-refractivity contribution in [1.29, 1.82) is 0 Å². The fourth-order valence-electron chi connectivity index (χ4n) is 1.69. The molecule has 0 spiro atoms. The highest BCUT2D eigenvalue weighted by Crippen LogP contribution is 2.17. The molecule has 1 saturated heterocycles. The van der Waals surface area contributed by atoms with Gasteiger partial charge in [-0.05, 0) is 6.92 Å². The molecular formula is C10H18N2O2S2. The smallest absolute Gasteiger partial charge is 0.246 e. The summed E-state index contributed by atoms with van der Waals surface area (Å²) >= 11 is 5.97. The summed E-state index contributed by atoms with van der Waals surface area (Å²) < 4.78 is 0. The molecule has 6 heteroatoms. The third kappa shape index (κ3) is 3.59. The minimum atomic E-state index is -0.494. The number of hydrogen-bond donors (Lipinski definition) is 2. The van der Waals surface area contributed by atoms with Crippen LogP contribution in [0.1, 0.15) is 13.8 Å².